The lowest BCUT2D eigenvalue weighted by molar-refractivity contribution is -0.148. The Bertz CT molecular complexity index is 504. The number of amides is 1. The first-order chi connectivity index (χ1) is 9.99. The SMILES string of the molecule is C[C@H](N)C(=O)N1C[C@H](OCc2ccccc2)C[C@H]1C(=O)O. The van der Waals surface area contributed by atoms with Gasteiger partial charge in [-0.15, -0.1) is 0 Å². The van der Waals surface area contributed by atoms with Crippen LogP contribution in [0.2, 0.25) is 0 Å². The lowest BCUT2D eigenvalue weighted by atomic mass is 10.2. The second kappa shape index (κ2) is 6.69. The highest BCUT2D eigenvalue weighted by atomic mass is 16.5. The van der Waals surface area contributed by atoms with Crippen LogP contribution in [-0.2, 0) is 20.9 Å². The quantitative estimate of drug-likeness (QED) is 0.829. The number of hydrogen-bond acceptors (Lipinski definition) is 4. The highest BCUT2D eigenvalue weighted by molar-refractivity contribution is 5.87. The van der Waals surface area contributed by atoms with Gasteiger partial charge in [0.05, 0.1) is 18.8 Å². The molecule has 0 aliphatic carbocycles. The van der Waals surface area contributed by atoms with Gasteiger partial charge < -0.3 is 20.5 Å². The molecule has 0 spiro atoms. The van der Waals surface area contributed by atoms with E-state index in [1.165, 1.54) is 4.90 Å². The summed E-state index contributed by atoms with van der Waals surface area (Å²) in [5.74, 6) is -1.37. The molecule has 0 radical (unpaired) electrons. The lowest BCUT2D eigenvalue weighted by Crippen LogP contribution is -2.47. The number of carboxylic acids is 1. The fourth-order valence-electron chi connectivity index (χ4n) is 2.45. The summed E-state index contributed by atoms with van der Waals surface area (Å²) >= 11 is 0. The summed E-state index contributed by atoms with van der Waals surface area (Å²) in [5, 5.41) is 9.23. The third-order valence-electron chi connectivity index (χ3n) is 3.55. The number of hydrogen-bond donors (Lipinski definition) is 2. The molecule has 3 atom stereocenters. The second-order valence-electron chi connectivity index (χ2n) is 5.29. The number of likely N-dealkylation sites (tertiary alicyclic amines) is 1. The Morgan fingerprint density at radius 3 is 2.67 bits per heavy atom. The van der Waals surface area contributed by atoms with E-state index in [1.54, 1.807) is 6.92 Å². The van der Waals surface area contributed by atoms with Crippen LogP contribution < -0.4 is 5.73 Å². The first-order valence-corrected chi connectivity index (χ1v) is 6.93. The number of benzene rings is 1. The summed E-state index contributed by atoms with van der Waals surface area (Å²) in [6.45, 7) is 2.22. The van der Waals surface area contributed by atoms with Gasteiger partial charge in [-0.3, -0.25) is 4.79 Å². The third-order valence-corrected chi connectivity index (χ3v) is 3.55. The van der Waals surface area contributed by atoms with E-state index in [-0.39, 0.29) is 18.6 Å². The molecule has 0 aromatic heterocycles. The number of carboxylic acid groups (broad SMARTS) is 1. The van der Waals surface area contributed by atoms with E-state index >= 15 is 0 Å². The van der Waals surface area contributed by atoms with Crippen LogP contribution in [0.1, 0.15) is 18.9 Å². The average molecular weight is 292 g/mol. The van der Waals surface area contributed by atoms with Crippen molar-refractivity contribution in [3.8, 4) is 0 Å². The monoisotopic (exact) mass is 292 g/mol. The number of ether oxygens (including phenoxy) is 1. The molecule has 1 saturated heterocycles. The molecule has 6 heteroatoms. The molecule has 0 saturated carbocycles. The third kappa shape index (κ3) is 3.80. The average Bonchev–Trinajstić information content (AvgIpc) is 2.89. The van der Waals surface area contributed by atoms with Gasteiger partial charge in [0.15, 0.2) is 0 Å². The maximum atomic E-state index is 12.0. The highest BCUT2D eigenvalue weighted by Gasteiger charge is 2.40. The van der Waals surface area contributed by atoms with Crippen LogP contribution in [0.15, 0.2) is 30.3 Å². The zero-order valence-electron chi connectivity index (χ0n) is 11.9. The van der Waals surface area contributed by atoms with Gasteiger partial charge in [-0.25, -0.2) is 4.79 Å². The Morgan fingerprint density at radius 2 is 2.10 bits per heavy atom. The minimum absolute atomic E-state index is 0.268. The first-order valence-electron chi connectivity index (χ1n) is 6.93. The molecule has 21 heavy (non-hydrogen) atoms. The Hall–Kier alpha value is -1.92. The summed E-state index contributed by atoms with van der Waals surface area (Å²) < 4.78 is 5.73. The van der Waals surface area contributed by atoms with Crippen LogP contribution in [0.4, 0.5) is 0 Å². The van der Waals surface area contributed by atoms with Crippen molar-refractivity contribution in [2.24, 2.45) is 5.73 Å². The number of nitrogens with zero attached hydrogens (tertiary/aromatic N) is 1. The molecule has 2 rings (SSSR count). The number of rotatable bonds is 5. The fraction of sp³-hybridized carbons (Fsp3) is 0.467. The van der Waals surface area contributed by atoms with Gasteiger partial charge in [-0.2, -0.15) is 0 Å². The molecule has 6 nitrogen and oxygen atoms in total. The Kier molecular flexibility index (Phi) is 4.93. The van der Waals surface area contributed by atoms with Gasteiger partial charge in [-0.05, 0) is 12.5 Å². The van der Waals surface area contributed by atoms with Crippen LogP contribution in [0.25, 0.3) is 0 Å². The standard InChI is InChI=1S/C15H20N2O4/c1-10(16)14(18)17-8-12(7-13(17)15(19)20)21-9-11-5-3-2-4-6-11/h2-6,10,12-13H,7-9,16H2,1H3,(H,19,20)/t10-,12+,13-/m0/s1. The van der Waals surface area contributed by atoms with E-state index in [0.29, 0.717) is 13.0 Å². The van der Waals surface area contributed by atoms with Crippen LogP contribution >= 0.6 is 0 Å². The van der Waals surface area contributed by atoms with E-state index in [1.807, 2.05) is 30.3 Å². The lowest BCUT2D eigenvalue weighted by Gasteiger charge is -2.23. The maximum absolute atomic E-state index is 12.0. The first kappa shape index (κ1) is 15.5. The molecule has 1 aromatic rings. The maximum Gasteiger partial charge on any atom is 0.326 e. The van der Waals surface area contributed by atoms with E-state index in [9.17, 15) is 14.7 Å². The van der Waals surface area contributed by atoms with Crippen molar-refractivity contribution < 1.29 is 19.4 Å². The molecule has 1 amide bonds. The molecule has 1 aliphatic rings. The Balaban J connectivity index is 1.97. The van der Waals surface area contributed by atoms with Gasteiger partial charge in [0, 0.05) is 13.0 Å². The Morgan fingerprint density at radius 1 is 1.43 bits per heavy atom. The molecular formula is C15H20N2O4. The molecule has 0 unspecified atom stereocenters. The van der Waals surface area contributed by atoms with Crippen molar-refractivity contribution in [2.75, 3.05) is 6.54 Å². The zero-order chi connectivity index (χ0) is 15.4. The van der Waals surface area contributed by atoms with Crippen LogP contribution in [0, 0.1) is 0 Å². The molecule has 0 bridgehead atoms. The number of aliphatic carboxylic acids is 1. The van der Waals surface area contributed by atoms with E-state index in [4.69, 9.17) is 10.5 Å². The summed E-state index contributed by atoms with van der Waals surface area (Å²) in [5.41, 5.74) is 6.58. The minimum Gasteiger partial charge on any atom is -0.480 e. The summed E-state index contributed by atoms with van der Waals surface area (Å²) in [6.07, 6.45) is 0.00896. The van der Waals surface area contributed by atoms with Crippen molar-refractivity contribution in [3.63, 3.8) is 0 Å². The van der Waals surface area contributed by atoms with Gasteiger partial charge in [0.25, 0.3) is 0 Å². The van der Waals surface area contributed by atoms with Crippen LogP contribution in [-0.4, -0.2) is 46.6 Å². The topological polar surface area (TPSA) is 92.9 Å². The van der Waals surface area contributed by atoms with E-state index < -0.39 is 18.1 Å². The van der Waals surface area contributed by atoms with Crippen LogP contribution in [0.5, 0.6) is 0 Å². The van der Waals surface area contributed by atoms with Crippen molar-refractivity contribution in [1.29, 1.82) is 0 Å². The number of carbonyl (C=O) groups excluding carboxylic acids is 1. The normalized spacial score (nSPS) is 23.0. The van der Waals surface area contributed by atoms with Gasteiger partial charge >= 0.3 is 5.97 Å². The zero-order valence-corrected chi connectivity index (χ0v) is 11.9. The predicted octanol–water partition coefficient (Wildman–Crippen LogP) is 0.604. The molecule has 1 aromatic carbocycles. The van der Waals surface area contributed by atoms with Crippen LogP contribution in [0.3, 0.4) is 0 Å². The highest BCUT2D eigenvalue weighted by Crippen LogP contribution is 2.22. The number of carbonyl (C=O) groups is 2. The largest absolute Gasteiger partial charge is 0.480 e. The van der Waals surface area contributed by atoms with E-state index in [0.717, 1.165) is 5.56 Å². The van der Waals surface area contributed by atoms with Gasteiger partial charge in [0.2, 0.25) is 5.91 Å². The number of nitrogens with two attached hydrogens (primary N) is 1. The molecule has 1 heterocycles. The van der Waals surface area contributed by atoms with Crippen molar-refractivity contribution >= 4 is 11.9 Å². The van der Waals surface area contributed by atoms with Gasteiger partial charge in [0.1, 0.15) is 6.04 Å². The molecule has 1 fully saturated rings. The van der Waals surface area contributed by atoms with E-state index in [2.05, 4.69) is 0 Å². The van der Waals surface area contributed by atoms with Crippen molar-refractivity contribution in [3.05, 3.63) is 35.9 Å². The minimum atomic E-state index is -1.02. The second-order valence-corrected chi connectivity index (χ2v) is 5.29. The molecule has 114 valence electrons. The molecule has 3 N–H and O–H groups in total. The van der Waals surface area contributed by atoms with Gasteiger partial charge in [-0.1, -0.05) is 30.3 Å². The van der Waals surface area contributed by atoms with Crippen molar-refractivity contribution in [2.45, 2.75) is 38.1 Å². The predicted molar refractivity (Wildman–Crippen MR) is 76.4 cm³/mol. The Labute approximate surface area is 123 Å². The molecule has 1 aliphatic heterocycles. The van der Waals surface area contributed by atoms with Crippen molar-refractivity contribution in [1.82, 2.24) is 4.90 Å². The summed E-state index contributed by atoms with van der Waals surface area (Å²) in [6, 6.07) is 8.06. The summed E-state index contributed by atoms with van der Waals surface area (Å²) in [7, 11) is 0. The smallest absolute Gasteiger partial charge is 0.326 e. The molecular weight excluding hydrogens is 272 g/mol. The fourth-order valence-corrected chi connectivity index (χ4v) is 2.45. The summed E-state index contributed by atoms with van der Waals surface area (Å²) in [4.78, 5) is 24.5.